The maximum Gasteiger partial charge on any atom is 0.213 e. The van der Waals surface area contributed by atoms with Crippen LogP contribution in [0.25, 0.3) is 0 Å². The molecule has 0 N–H and O–H groups in total. The van der Waals surface area contributed by atoms with Gasteiger partial charge in [0.2, 0.25) is 5.13 Å². The van der Waals surface area contributed by atoms with Gasteiger partial charge in [0.05, 0.1) is 5.69 Å². The molecule has 0 saturated carbocycles. The van der Waals surface area contributed by atoms with Gasteiger partial charge < -0.3 is 4.90 Å². The third-order valence-electron chi connectivity index (χ3n) is 1.89. The second kappa shape index (κ2) is 4.24. The molecule has 78 valence electrons. The molecular formula is C9H7BrFN3S. The summed E-state index contributed by atoms with van der Waals surface area (Å²) in [5.74, 6) is -0.272. The summed E-state index contributed by atoms with van der Waals surface area (Å²) in [4.78, 5) is 1.66. The maximum absolute atomic E-state index is 13.4. The predicted molar refractivity (Wildman–Crippen MR) is 62.1 cm³/mol. The fraction of sp³-hybridized carbons (Fsp3) is 0.111. The quantitative estimate of drug-likeness (QED) is 0.849. The Hall–Kier alpha value is -1.01. The summed E-state index contributed by atoms with van der Waals surface area (Å²) in [6, 6.07) is 6.56. The highest BCUT2D eigenvalue weighted by molar-refractivity contribution is 9.11. The zero-order chi connectivity index (χ0) is 10.8. The summed E-state index contributed by atoms with van der Waals surface area (Å²) in [5.41, 5.74) is 0.487. The number of nitrogens with zero attached hydrogens (tertiary/aromatic N) is 3. The van der Waals surface area contributed by atoms with Crippen LogP contribution in [0.1, 0.15) is 0 Å². The van der Waals surface area contributed by atoms with Crippen molar-refractivity contribution < 1.29 is 4.39 Å². The third kappa shape index (κ3) is 2.15. The van der Waals surface area contributed by atoms with E-state index in [1.165, 1.54) is 17.4 Å². The molecule has 3 nitrogen and oxygen atoms in total. The minimum absolute atomic E-state index is 0.272. The normalized spacial score (nSPS) is 10.3. The molecule has 0 atom stereocenters. The van der Waals surface area contributed by atoms with Crippen molar-refractivity contribution in [1.29, 1.82) is 0 Å². The van der Waals surface area contributed by atoms with E-state index in [2.05, 4.69) is 26.1 Å². The highest BCUT2D eigenvalue weighted by Gasteiger charge is 2.12. The van der Waals surface area contributed by atoms with E-state index in [0.717, 1.165) is 0 Å². The minimum atomic E-state index is -0.272. The van der Waals surface area contributed by atoms with Crippen LogP contribution in [0.2, 0.25) is 0 Å². The lowest BCUT2D eigenvalue weighted by atomic mass is 10.3. The van der Waals surface area contributed by atoms with Gasteiger partial charge in [-0.25, -0.2) is 4.39 Å². The topological polar surface area (TPSA) is 29.0 Å². The summed E-state index contributed by atoms with van der Waals surface area (Å²) >= 11 is 4.57. The zero-order valence-electron chi connectivity index (χ0n) is 7.82. The van der Waals surface area contributed by atoms with Crippen LogP contribution in [0.15, 0.2) is 28.2 Å². The number of halogens is 2. The number of rotatable bonds is 2. The molecule has 15 heavy (non-hydrogen) atoms. The largest absolute Gasteiger partial charge is 0.317 e. The molecule has 1 heterocycles. The molecule has 0 bridgehead atoms. The second-order valence-electron chi connectivity index (χ2n) is 2.85. The van der Waals surface area contributed by atoms with E-state index in [9.17, 15) is 4.39 Å². The van der Waals surface area contributed by atoms with Crippen molar-refractivity contribution in [2.24, 2.45) is 0 Å². The van der Waals surface area contributed by atoms with E-state index < -0.39 is 0 Å². The van der Waals surface area contributed by atoms with Crippen molar-refractivity contribution >= 4 is 38.1 Å². The van der Waals surface area contributed by atoms with E-state index >= 15 is 0 Å². The first kappa shape index (κ1) is 10.5. The lowest BCUT2D eigenvalue weighted by Crippen LogP contribution is -2.10. The molecule has 0 aliphatic heterocycles. The van der Waals surface area contributed by atoms with Gasteiger partial charge in [-0.1, -0.05) is 23.5 Å². The number of hydrogen-bond donors (Lipinski definition) is 0. The van der Waals surface area contributed by atoms with Gasteiger partial charge in [-0.05, 0) is 28.1 Å². The molecule has 1 aromatic heterocycles. The van der Waals surface area contributed by atoms with Gasteiger partial charge in [0.25, 0.3) is 0 Å². The van der Waals surface area contributed by atoms with E-state index in [1.54, 1.807) is 30.1 Å². The number of anilines is 2. The van der Waals surface area contributed by atoms with Crippen LogP contribution in [0.3, 0.4) is 0 Å². The standard InChI is InChI=1S/C9H7BrFN3S/c1-14(9-13-12-8(10)15-9)7-5-3-2-4-6(7)11/h2-5H,1H3. The molecule has 0 spiro atoms. The average Bonchev–Trinajstić information content (AvgIpc) is 2.65. The molecule has 0 amide bonds. The Bertz CT molecular complexity index is 474. The van der Waals surface area contributed by atoms with Gasteiger partial charge >= 0.3 is 0 Å². The molecule has 0 saturated heterocycles. The third-order valence-corrected chi connectivity index (χ3v) is 3.32. The van der Waals surface area contributed by atoms with Crippen LogP contribution in [0, 0.1) is 5.82 Å². The van der Waals surface area contributed by atoms with Gasteiger partial charge in [0.1, 0.15) is 5.82 Å². The Balaban J connectivity index is 2.36. The van der Waals surface area contributed by atoms with Gasteiger partial charge in [-0.15, -0.1) is 10.2 Å². The fourth-order valence-corrected chi connectivity index (χ4v) is 2.22. The lowest BCUT2D eigenvalue weighted by Gasteiger charge is -2.15. The van der Waals surface area contributed by atoms with Crippen LogP contribution < -0.4 is 4.90 Å². The molecular weight excluding hydrogens is 281 g/mol. The fourth-order valence-electron chi connectivity index (χ4n) is 1.16. The van der Waals surface area contributed by atoms with E-state index in [4.69, 9.17) is 0 Å². The van der Waals surface area contributed by atoms with Crippen molar-refractivity contribution in [2.45, 2.75) is 0 Å². The van der Waals surface area contributed by atoms with Gasteiger partial charge in [0.15, 0.2) is 3.92 Å². The molecule has 2 aromatic rings. The summed E-state index contributed by atoms with van der Waals surface area (Å²) in [5, 5.41) is 8.37. The van der Waals surface area contributed by atoms with E-state index in [-0.39, 0.29) is 5.82 Å². The number of benzene rings is 1. The van der Waals surface area contributed by atoms with E-state index in [0.29, 0.717) is 14.7 Å². The minimum Gasteiger partial charge on any atom is -0.317 e. The highest BCUT2D eigenvalue weighted by atomic mass is 79.9. The monoisotopic (exact) mass is 287 g/mol. The van der Waals surface area contributed by atoms with Crippen LogP contribution in [0.5, 0.6) is 0 Å². The van der Waals surface area contributed by atoms with Crippen molar-refractivity contribution in [3.63, 3.8) is 0 Å². The summed E-state index contributed by atoms with van der Waals surface area (Å²) in [6.07, 6.45) is 0. The van der Waals surface area contributed by atoms with Gasteiger partial charge in [-0.2, -0.15) is 0 Å². The second-order valence-corrected chi connectivity index (χ2v) is 5.08. The Morgan fingerprint density at radius 3 is 2.67 bits per heavy atom. The number of hydrogen-bond acceptors (Lipinski definition) is 4. The molecule has 0 radical (unpaired) electrons. The Kier molecular flexibility index (Phi) is 2.97. The molecule has 0 aliphatic rings. The van der Waals surface area contributed by atoms with Crippen LogP contribution in [-0.4, -0.2) is 17.2 Å². The summed E-state index contributed by atoms with van der Waals surface area (Å²) < 4.78 is 14.1. The van der Waals surface area contributed by atoms with Crippen LogP contribution in [-0.2, 0) is 0 Å². The molecule has 0 aliphatic carbocycles. The lowest BCUT2D eigenvalue weighted by molar-refractivity contribution is 0.627. The Morgan fingerprint density at radius 2 is 2.07 bits per heavy atom. The Labute approximate surface area is 98.7 Å². The maximum atomic E-state index is 13.4. The average molecular weight is 288 g/mol. The Morgan fingerprint density at radius 1 is 1.33 bits per heavy atom. The molecule has 6 heteroatoms. The zero-order valence-corrected chi connectivity index (χ0v) is 10.2. The molecule has 0 unspecified atom stereocenters. The first-order chi connectivity index (χ1) is 7.18. The van der Waals surface area contributed by atoms with Gasteiger partial charge in [-0.3, -0.25) is 0 Å². The molecule has 1 aromatic carbocycles. The predicted octanol–water partition coefficient (Wildman–Crippen LogP) is 3.21. The van der Waals surface area contributed by atoms with E-state index in [1.807, 2.05) is 0 Å². The van der Waals surface area contributed by atoms with Gasteiger partial charge in [0, 0.05) is 7.05 Å². The first-order valence-electron chi connectivity index (χ1n) is 4.16. The van der Waals surface area contributed by atoms with Crippen LogP contribution >= 0.6 is 27.3 Å². The summed E-state index contributed by atoms with van der Waals surface area (Å²) in [6.45, 7) is 0. The SMILES string of the molecule is CN(c1nnc(Br)s1)c1ccccc1F. The molecule has 2 rings (SSSR count). The van der Waals surface area contributed by atoms with Crippen molar-refractivity contribution in [3.8, 4) is 0 Å². The number of para-hydroxylation sites is 1. The van der Waals surface area contributed by atoms with Crippen molar-refractivity contribution in [2.75, 3.05) is 11.9 Å². The van der Waals surface area contributed by atoms with Crippen molar-refractivity contribution in [3.05, 3.63) is 34.0 Å². The molecule has 0 fully saturated rings. The highest BCUT2D eigenvalue weighted by Crippen LogP contribution is 2.30. The van der Waals surface area contributed by atoms with Crippen molar-refractivity contribution in [1.82, 2.24) is 10.2 Å². The van der Waals surface area contributed by atoms with Crippen LogP contribution in [0.4, 0.5) is 15.2 Å². The first-order valence-corrected chi connectivity index (χ1v) is 5.76. The summed E-state index contributed by atoms with van der Waals surface area (Å²) in [7, 11) is 1.76. The number of aromatic nitrogens is 2. The smallest absolute Gasteiger partial charge is 0.213 e.